The van der Waals surface area contributed by atoms with Crippen molar-refractivity contribution in [2.75, 3.05) is 17.6 Å². The molecule has 0 aliphatic heterocycles. The number of hydrogen-bond donors (Lipinski definition) is 1. The average molecular weight is 430 g/mol. The van der Waals surface area contributed by atoms with Gasteiger partial charge in [0.15, 0.2) is 11.4 Å². The molecule has 0 atom stereocenters. The third kappa shape index (κ3) is 3.76. The van der Waals surface area contributed by atoms with Gasteiger partial charge in [-0.2, -0.15) is 18.3 Å². The quantitative estimate of drug-likeness (QED) is 0.618. The van der Waals surface area contributed by atoms with Crippen LogP contribution in [0.4, 0.5) is 19.0 Å². The van der Waals surface area contributed by atoms with E-state index in [0.717, 1.165) is 5.56 Å². The Morgan fingerprint density at radius 1 is 1.34 bits per heavy atom. The summed E-state index contributed by atoms with van der Waals surface area (Å²) >= 11 is 0. The zero-order chi connectivity index (χ0) is 20.9. The van der Waals surface area contributed by atoms with Crippen LogP contribution in [-0.2, 0) is 16.6 Å². The van der Waals surface area contributed by atoms with Crippen LogP contribution in [0.1, 0.15) is 18.4 Å². The highest BCUT2D eigenvalue weighted by Crippen LogP contribution is 2.58. The highest BCUT2D eigenvalue weighted by atomic mass is 32.2. The van der Waals surface area contributed by atoms with Crippen molar-refractivity contribution >= 4 is 26.8 Å². The molecule has 1 saturated carbocycles. The molecule has 8 nitrogen and oxygen atoms in total. The van der Waals surface area contributed by atoms with Crippen LogP contribution in [0.25, 0.3) is 11.0 Å². The first-order valence-corrected chi connectivity index (χ1v) is 10.3. The molecule has 1 N–H and O–H groups in total. The number of anilines is 1. The van der Waals surface area contributed by atoms with Gasteiger partial charge in [0.25, 0.3) is 0 Å². The Bertz CT molecular complexity index is 1140. The van der Waals surface area contributed by atoms with Crippen LogP contribution in [0.3, 0.4) is 0 Å². The van der Waals surface area contributed by atoms with E-state index in [9.17, 15) is 21.6 Å². The Balaban J connectivity index is 1.63. The van der Waals surface area contributed by atoms with Gasteiger partial charge in [-0.25, -0.2) is 8.42 Å². The van der Waals surface area contributed by atoms with Crippen LogP contribution < -0.4 is 9.46 Å². The highest BCUT2D eigenvalue weighted by molar-refractivity contribution is 7.92. The predicted octanol–water partition coefficient (Wildman–Crippen LogP) is 3.17. The molecule has 1 fully saturated rings. The molecule has 0 unspecified atom stereocenters. The highest BCUT2D eigenvalue weighted by Gasteiger charge is 2.65. The maximum absolute atomic E-state index is 13.1. The Kier molecular flexibility index (Phi) is 4.48. The molecule has 0 spiro atoms. The SMILES string of the molecule is COc1cc(Cn2cccn2)cc2onc(NS(=O)(=O)CC3(C(F)(F)F)CC3)c12. The molecule has 0 radical (unpaired) electrons. The van der Waals surface area contributed by atoms with Gasteiger partial charge in [-0.3, -0.25) is 9.40 Å². The normalized spacial score (nSPS) is 16.1. The molecule has 2 heterocycles. The number of hydrogen-bond acceptors (Lipinski definition) is 6. The Morgan fingerprint density at radius 3 is 2.69 bits per heavy atom. The number of ether oxygens (including phenoxy) is 1. The van der Waals surface area contributed by atoms with Gasteiger partial charge >= 0.3 is 6.18 Å². The van der Waals surface area contributed by atoms with Crippen molar-refractivity contribution in [3.05, 3.63) is 36.2 Å². The van der Waals surface area contributed by atoms with E-state index in [4.69, 9.17) is 9.26 Å². The zero-order valence-electron chi connectivity index (χ0n) is 15.2. The maximum atomic E-state index is 13.1. The molecular weight excluding hydrogens is 413 g/mol. The van der Waals surface area contributed by atoms with Gasteiger partial charge in [0.1, 0.15) is 11.1 Å². The molecule has 3 aromatic rings. The first-order valence-electron chi connectivity index (χ1n) is 8.63. The molecule has 1 aliphatic carbocycles. The molecule has 1 aliphatic rings. The van der Waals surface area contributed by atoms with E-state index >= 15 is 0 Å². The number of halogens is 3. The van der Waals surface area contributed by atoms with Gasteiger partial charge in [0.05, 0.1) is 24.8 Å². The lowest BCUT2D eigenvalue weighted by molar-refractivity contribution is -0.179. The van der Waals surface area contributed by atoms with Crippen molar-refractivity contribution in [2.45, 2.75) is 25.6 Å². The minimum absolute atomic E-state index is 0.208. The van der Waals surface area contributed by atoms with Crippen LogP contribution in [0.5, 0.6) is 5.75 Å². The van der Waals surface area contributed by atoms with E-state index in [1.54, 1.807) is 35.3 Å². The van der Waals surface area contributed by atoms with Gasteiger partial charge in [0, 0.05) is 12.4 Å². The summed E-state index contributed by atoms with van der Waals surface area (Å²) in [7, 11) is -2.92. The molecule has 29 heavy (non-hydrogen) atoms. The topological polar surface area (TPSA) is 99.2 Å². The molecule has 4 rings (SSSR count). The summed E-state index contributed by atoms with van der Waals surface area (Å²) in [5, 5.41) is 8.03. The second-order valence-electron chi connectivity index (χ2n) is 7.05. The number of sulfonamides is 1. The number of alkyl halides is 3. The lowest BCUT2D eigenvalue weighted by atomic mass is 10.1. The number of aromatic nitrogens is 3. The van der Waals surface area contributed by atoms with Crippen molar-refractivity contribution < 1.29 is 30.8 Å². The van der Waals surface area contributed by atoms with Gasteiger partial charge in [-0.05, 0) is 36.6 Å². The molecule has 2 aromatic heterocycles. The fraction of sp³-hybridized carbons (Fsp3) is 0.412. The van der Waals surface area contributed by atoms with E-state index in [-0.39, 0.29) is 35.4 Å². The van der Waals surface area contributed by atoms with Crippen LogP contribution in [0.15, 0.2) is 35.1 Å². The first kappa shape index (κ1) is 19.6. The monoisotopic (exact) mass is 430 g/mol. The van der Waals surface area contributed by atoms with Crippen molar-refractivity contribution in [2.24, 2.45) is 5.41 Å². The Hall–Kier alpha value is -2.76. The van der Waals surface area contributed by atoms with Gasteiger partial charge in [0.2, 0.25) is 10.0 Å². The summed E-state index contributed by atoms with van der Waals surface area (Å²) in [5.74, 6) is -0.988. The van der Waals surface area contributed by atoms with E-state index < -0.39 is 27.4 Å². The van der Waals surface area contributed by atoms with E-state index in [1.807, 2.05) is 0 Å². The first-order chi connectivity index (χ1) is 13.6. The summed E-state index contributed by atoms with van der Waals surface area (Å²) in [4.78, 5) is 0. The smallest absolute Gasteiger partial charge is 0.395 e. The zero-order valence-corrected chi connectivity index (χ0v) is 16.0. The summed E-state index contributed by atoms with van der Waals surface area (Å²) < 4.78 is 78.4. The van der Waals surface area contributed by atoms with Crippen molar-refractivity contribution in [3.8, 4) is 5.75 Å². The van der Waals surface area contributed by atoms with Crippen LogP contribution in [-0.4, -0.2) is 42.4 Å². The Morgan fingerprint density at radius 2 is 2.10 bits per heavy atom. The molecular formula is C17H17F3N4O4S. The third-order valence-electron chi connectivity index (χ3n) is 4.89. The van der Waals surface area contributed by atoms with Gasteiger partial charge < -0.3 is 9.26 Å². The van der Waals surface area contributed by atoms with Crippen LogP contribution in [0, 0.1) is 5.41 Å². The number of nitrogens with one attached hydrogen (secondary N) is 1. The fourth-order valence-corrected chi connectivity index (χ4v) is 4.89. The molecule has 12 heteroatoms. The van der Waals surface area contributed by atoms with E-state index in [2.05, 4.69) is 15.0 Å². The number of methoxy groups -OCH3 is 1. The number of benzene rings is 1. The molecule has 0 amide bonds. The predicted molar refractivity (Wildman–Crippen MR) is 97.0 cm³/mol. The lowest BCUT2D eigenvalue weighted by Gasteiger charge is -2.19. The number of nitrogens with zero attached hydrogens (tertiary/aromatic N) is 3. The average Bonchev–Trinajstić information content (AvgIpc) is 3.06. The largest absolute Gasteiger partial charge is 0.496 e. The molecule has 0 bridgehead atoms. The Labute approximate surface area is 163 Å². The van der Waals surface area contributed by atoms with Crippen LogP contribution >= 0.6 is 0 Å². The van der Waals surface area contributed by atoms with E-state index in [1.165, 1.54) is 7.11 Å². The summed E-state index contributed by atoms with van der Waals surface area (Å²) in [6.45, 7) is 0.412. The van der Waals surface area contributed by atoms with Gasteiger partial charge in [-0.15, -0.1) is 0 Å². The van der Waals surface area contributed by atoms with E-state index in [0.29, 0.717) is 6.54 Å². The molecule has 0 saturated heterocycles. The number of fused-ring (bicyclic) bond motifs is 1. The maximum Gasteiger partial charge on any atom is 0.395 e. The summed E-state index contributed by atoms with van der Waals surface area (Å²) in [6.07, 6.45) is -1.60. The van der Waals surface area contributed by atoms with Crippen molar-refractivity contribution in [3.63, 3.8) is 0 Å². The van der Waals surface area contributed by atoms with Crippen molar-refractivity contribution in [1.82, 2.24) is 14.9 Å². The number of rotatable bonds is 7. The molecule has 1 aromatic carbocycles. The summed E-state index contributed by atoms with van der Waals surface area (Å²) in [5.41, 5.74) is -1.20. The standard InChI is InChI=1S/C17H17F3N4O4S/c1-27-12-7-11(9-24-6-2-5-21-24)8-13-14(12)15(22-28-13)23-29(25,26)10-16(3-4-16)17(18,19)20/h2,5-8H,3-4,9-10H2,1H3,(H,22,23). The second kappa shape index (κ2) is 6.65. The second-order valence-corrected chi connectivity index (χ2v) is 8.77. The molecule has 156 valence electrons. The minimum atomic E-state index is -4.58. The fourth-order valence-electron chi connectivity index (χ4n) is 3.20. The lowest BCUT2D eigenvalue weighted by Crippen LogP contribution is -2.34. The van der Waals surface area contributed by atoms with Crippen molar-refractivity contribution in [1.29, 1.82) is 0 Å². The third-order valence-corrected chi connectivity index (χ3v) is 6.33. The summed E-state index contributed by atoms with van der Waals surface area (Å²) in [6, 6.07) is 5.07. The van der Waals surface area contributed by atoms with Crippen LogP contribution in [0.2, 0.25) is 0 Å². The minimum Gasteiger partial charge on any atom is -0.496 e. The van der Waals surface area contributed by atoms with Gasteiger partial charge in [-0.1, -0.05) is 5.16 Å².